The molecule has 0 bridgehead atoms. The Kier molecular flexibility index (Phi) is 4.99. The highest BCUT2D eigenvalue weighted by atomic mass is 16.5. The summed E-state index contributed by atoms with van der Waals surface area (Å²) >= 11 is 0. The molecule has 1 aromatic heterocycles. The normalized spacial score (nSPS) is 10.3. The van der Waals surface area contributed by atoms with E-state index in [0.717, 1.165) is 35.7 Å². The summed E-state index contributed by atoms with van der Waals surface area (Å²) in [6, 6.07) is 10.2. The number of hydrogen-bond donors (Lipinski definition) is 1. The van der Waals surface area contributed by atoms with Crippen LogP contribution in [0.2, 0.25) is 0 Å². The maximum Gasteiger partial charge on any atom is 0.132 e. The van der Waals surface area contributed by atoms with E-state index < -0.39 is 0 Å². The van der Waals surface area contributed by atoms with E-state index in [2.05, 4.69) is 49.3 Å². The lowest BCUT2D eigenvalue weighted by molar-refractivity contribution is 0.304. The van der Waals surface area contributed by atoms with E-state index in [1.807, 2.05) is 12.1 Å². The molecule has 0 fully saturated rings. The largest absolute Gasteiger partial charge is 0.488 e. The van der Waals surface area contributed by atoms with Crippen LogP contribution in [0.4, 0.5) is 5.82 Å². The van der Waals surface area contributed by atoms with Crippen molar-refractivity contribution in [3.63, 3.8) is 0 Å². The van der Waals surface area contributed by atoms with Crippen LogP contribution in [0.1, 0.15) is 30.0 Å². The zero-order valence-electron chi connectivity index (χ0n) is 12.4. The molecule has 0 spiro atoms. The number of aryl methyl sites for hydroxylation is 2. The molecule has 3 nitrogen and oxygen atoms in total. The van der Waals surface area contributed by atoms with Crippen LogP contribution in [0.5, 0.6) is 5.75 Å². The third-order valence-electron chi connectivity index (χ3n) is 3.15. The van der Waals surface area contributed by atoms with Crippen LogP contribution in [0.3, 0.4) is 0 Å². The topological polar surface area (TPSA) is 34.2 Å². The summed E-state index contributed by atoms with van der Waals surface area (Å²) in [6.45, 7) is 7.76. The van der Waals surface area contributed by atoms with Crippen LogP contribution in [0.15, 0.2) is 36.5 Å². The highest BCUT2D eigenvalue weighted by Gasteiger charge is 2.05. The molecule has 0 aliphatic carbocycles. The number of hydrogen-bond acceptors (Lipinski definition) is 3. The Morgan fingerprint density at radius 2 is 2.05 bits per heavy atom. The fraction of sp³-hybridized carbons (Fsp3) is 0.353. The number of nitrogens with zero attached hydrogens (tertiary/aromatic N) is 1. The van der Waals surface area contributed by atoms with Crippen LogP contribution in [0, 0.1) is 13.8 Å². The van der Waals surface area contributed by atoms with Gasteiger partial charge in [0.25, 0.3) is 0 Å². The van der Waals surface area contributed by atoms with Gasteiger partial charge in [-0.05, 0) is 38.0 Å². The summed E-state index contributed by atoms with van der Waals surface area (Å²) in [5, 5.41) is 3.33. The van der Waals surface area contributed by atoms with Gasteiger partial charge in [-0.1, -0.05) is 30.7 Å². The van der Waals surface area contributed by atoms with Crippen molar-refractivity contribution < 1.29 is 4.74 Å². The fourth-order valence-electron chi connectivity index (χ4n) is 2.07. The number of benzene rings is 1. The minimum Gasteiger partial charge on any atom is -0.488 e. The molecule has 1 heterocycles. The Balaban J connectivity index is 2.06. The highest BCUT2D eigenvalue weighted by molar-refractivity contribution is 5.44. The van der Waals surface area contributed by atoms with Gasteiger partial charge in [0.15, 0.2) is 0 Å². The van der Waals surface area contributed by atoms with Gasteiger partial charge in [-0.15, -0.1) is 0 Å². The van der Waals surface area contributed by atoms with E-state index in [9.17, 15) is 0 Å². The minimum atomic E-state index is 0.532. The Labute approximate surface area is 121 Å². The smallest absolute Gasteiger partial charge is 0.132 e. The molecule has 3 heteroatoms. The van der Waals surface area contributed by atoms with Gasteiger partial charge >= 0.3 is 0 Å². The van der Waals surface area contributed by atoms with Crippen molar-refractivity contribution in [1.29, 1.82) is 0 Å². The van der Waals surface area contributed by atoms with E-state index in [1.54, 1.807) is 6.20 Å². The van der Waals surface area contributed by atoms with E-state index in [0.29, 0.717) is 6.61 Å². The van der Waals surface area contributed by atoms with Crippen LogP contribution in [-0.2, 0) is 6.61 Å². The second kappa shape index (κ2) is 6.94. The quantitative estimate of drug-likeness (QED) is 0.858. The summed E-state index contributed by atoms with van der Waals surface area (Å²) < 4.78 is 5.92. The molecule has 1 aromatic carbocycles. The van der Waals surface area contributed by atoms with E-state index in [1.165, 1.54) is 5.56 Å². The lowest BCUT2D eigenvalue weighted by Crippen LogP contribution is -2.07. The van der Waals surface area contributed by atoms with Crippen molar-refractivity contribution in [2.75, 3.05) is 11.9 Å². The maximum absolute atomic E-state index is 5.92. The van der Waals surface area contributed by atoms with Gasteiger partial charge in [-0.25, -0.2) is 4.98 Å². The molecule has 0 saturated carbocycles. The SMILES string of the molecule is CCCNc1ncccc1COc1ccc(C)cc1C. The molecule has 0 saturated heterocycles. The van der Waals surface area contributed by atoms with Gasteiger partial charge in [-0.3, -0.25) is 0 Å². The number of aromatic nitrogens is 1. The van der Waals surface area contributed by atoms with Gasteiger partial charge in [0.05, 0.1) is 0 Å². The van der Waals surface area contributed by atoms with Crippen LogP contribution in [-0.4, -0.2) is 11.5 Å². The first-order valence-electron chi connectivity index (χ1n) is 7.08. The zero-order chi connectivity index (χ0) is 14.4. The second-order valence-electron chi connectivity index (χ2n) is 5.00. The number of ether oxygens (including phenoxy) is 1. The highest BCUT2D eigenvalue weighted by Crippen LogP contribution is 2.21. The standard InChI is InChI=1S/C17H22N2O/c1-4-9-18-17-15(6-5-10-19-17)12-20-16-8-7-13(2)11-14(16)3/h5-8,10-11H,4,9,12H2,1-3H3,(H,18,19). The third kappa shape index (κ3) is 3.73. The lowest BCUT2D eigenvalue weighted by atomic mass is 10.1. The summed E-state index contributed by atoms with van der Waals surface area (Å²) in [4.78, 5) is 4.37. The van der Waals surface area contributed by atoms with Crippen molar-refractivity contribution >= 4 is 5.82 Å². The van der Waals surface area contributed by atoms with Crippen molar-refractivity contribution in [2.45, 2.75) is 33.8 Å². The van der Waals surface area contributed by atoms with E-state index in [4.69, 9.17) is 4.74 Å². The van der Waals surface area contributed by atoms with Gasteiger partial charge in [0.2, 0.25) is 0 Å². The molecule has 2 aromatic rings. The molecule has 2 rings (SSSR count). The summed E-state index contributed by atoms with van der Waals surface area (Å²) in [5.41, 5.74) is 3.50. The first-order chi connectivity index (χ1) is 9.70. The average molecular weight is 270 g/mol. The Hall–Kier alpha value is -2.03. The van der Waals surface area contributed by atoms with Gasteiger partial charge in [-0.2, -0.15) is 0 Å². The number of pyridine rings is 1. The molecule has 0 atom stereocenters. The lowest BCUT2D eigenvalue weighted by Gasteiger charge is -2.13. The Morgan fingerprint density at radius 3 is 2.80 bits per heavy atom. The predicted octanol–water partition coefficient (Wildman–Crippen LogP) is 4.10. The summed E-state index contributed by atoms with van der Waals surface area (Å²) in [7, 11) is 0. The fourth-order valence-corrected chi connectivity index (χ4v) is 2.07. The molecule has 0 unspecified atom stereocenters. The Bertz CT molecular complexity index is 567. The monoisotopic (exact) mass is 270 g/mol. The molecule has 0 amide bonds. The van der Waals surface area contributed by atoms with E-state index >= 15 is 0 Å². The van der Waals surface area contributed by atoms with Crippen molar-refractivity contribution in [3.8, 4) is 5.75 Å². The van der Waals surface area contributed by atoms with Crippen molar-refractivity contribution in [1.82, 2.24) is 4.98 Å². The first-order valence-corrected chi connectivity index (χ1v) is 7.08. The maximum atomic E-state index is 5.92. The van der Waals surface area contributed by atoms with Gasteiger partial charge < -0.3 is 10.1 Å². The minimum absolute atomic E-state index is 0.532. The van der Waals surface area contributed by atoms with Crippen LogP contribution in [0.25, 0.3) is 0 Å². The molecular weight excluding hydrogens is 248 g/mol. The average Bonchev–Trinajstić information content (AvgIpc) is 2.45. The van der Waals surface area contributed by atoms with Crippen molar-refractivity contribution in [3.05, 3.63) is 53.2 Å². The van der Waals surface area contributed by atoms with Gasteiger partial charge in [0, 0.05) is 18.3 Å². The van der Waals surface area contributed by atoms with Crippen LogP contribution < -0.4 is 10.1 Å². The second-order valence-corrected chi connectivity index (χ2v) is 5.00. The Morgan fingerprint density at radius 1 is 1.20 bits per heavy atom. The number of nitrogens with one attached hydrogen (secondary N) is 1. The molecule has 0 radical (unpaired) electrons. The predicted molar refractivity (Wildman–Crippen MR) is 83.3 cm³/mol. The molecular formula is C17H22N2O. The number of anilines is 1. The molecule has 1 N–H and O–H groups in total. The van der Waals surface area contributed by atoms with Crippen LogP contribution >= 0.6 is 0 Å². The molecule has 20 heavy (non-hydrogen) atoms. The number of rotatable bonds is 6. The molecule has 106 valence electrons. The first kappa shape index (κ1) is 14.4. The van der Waals surface area contributed by atoms with Crippen molar-refractivity contribution in [2.24, 2.45) is 0 Å². The molecule has 0 aliphatic heterocycles. The van der Waals surface area contributed by atoms with E-state index in [-0.39, 0.29) is 0 Å². The third-order valence-corrected chi connectivity index (χ3v) is 3.15. The van der Waals surface area contributed by atoms with Gasteiger partial charge in [0.1, 0.15) is 18.2 Å². The summed E-state index contributed by atoms with van der Waals surface area (Å²) in [5.74, 6) is 1.85. The zero-order valence-corrected chi connectivity index (χ0v) is 12.4. The molecule has 0 aliphatic rings. The summed E-state index contributed by atoms with van der Waals surface area (Å²) in [6.07, 6.45) is 2.88.